The van der Waals surface area contributed by atoms with Crippen LogP contribution in [0.3, 0.4) is 0 Å². The quantitative estimate of drug-likeness (QED) is 0.666. The Hall–Kier alpha value is -1.22. The predicted molar refractivity (Wildman–Crippen MR) is 67.5 cm³/mol. The third-order valence-electron chi connectivity index (χ3n) is 3.50. The van der Waals surface area contributed by atoms with Gasteiger partial charge >= 0.3 is 0 Å². The molecule has 0 heterocycles. The van der Waals surface area contributed by atoms with Crippen molar-refractivity contribution in [1.82, 2.24) is 0 Å². The van der Waals surface area contributed by atoms with Gasteiger partial charge in [-0.2, -0.15) is 0 Å². The summed E-state index contributed by atoms with van der Waals surface area (Å²) in [5.74, 6) is 0. The molecular weight excluding hydrogens is 200 g/mol. The molecule has 2 rings (SSSR count). The predicted octanol–water partition coefficient (Wildman–Crippen LogP) is 2.15. The fourth-order valence-corrected chi connectivity index (χ4v) is 2.10. The van der Waals surface area contributed by atoms with Gasteiger partial charge in [0.15, 0.2) is 0 Å². The number of nitrogens with two attached hydrogens (primary N) is 1. The van der Waals surface area contributed by atoms with Crippen LogP contribution in [-0.4, -0.2) is 18.3 Å². The lowest BCUT2D eigenvalue weighted by atomic mass is 10.0. The summed E-state index contributed by atoms with van der Waals surface area (Å²) in [5.41, 5.74) is 9.20. The molecule has 0 amide bonds. The molecule has 0 saturated heterocycles. The van der Waals surface area contributed by atoms with E-state index in [0.717, 1.165) is 24.3 Å². The Morgan fingerprint density at radius 2 is 2.19 bits per heavy atom. The third kappa shape index (κ3) is 2.47. The molecule has 1 aliphatic rings. The lowest BCUT2D eigenvalue weighted by molar-refractivity contribution is 0.253. The lowest BCUT2D eigenvalue weighted by Gasteiger charge is -2.17. The van der Waals surface area contributed by atoms with E-state index in [1.54, 1.807) is 0 Å². The van der Waals surface area contributed by atoms with E-state index in [4.69, 9.17) is 10.8 Å². The first-order valence-corrected chi connectivity index (χ1v) is 5.86. The summed E-state index contributed by atoms with van der Waals surface area (Å²) in [5, 5.41) is 12.4. The fraction of sp³-hybridized carbons (Fsp3) is 0.538. The summed E-state index contributed by atoms with van der Waals surface area (Å²) in [6.07, 6.45) is 3.37. The Balaban J connectivity index is 1.94. The van der Waals surface area contributed by atoms with Crippen molar-refractivity contribution in [3.8, 4) is 0 Å². The van der Waals surface area contributed by atoms with Gasteiger partial charge < -0.3 is 16.2 Å². The van der Waals surface area contributed by atoms with Crippen molar-refractivity contribution in [2.45, 2.75) is 26.2 Å². The largest absolute Gasteiger partial charge is 0.399 e. The number of rotatable bonds is 5. The van der Waals surface area contributed by atoms with E-state index in [2.05, 4.69) is 12.2 Å². The van der Waals surface area contributed by atoms with E-state index in [1.165, 1.54) is 18.4 Å². The molecular formula is C13H20N2O. The monoisotopic (exact) mass is 220 g/mol. The number of aliphatic hydroxyl groups excluding tert-OH is 1. The van der Waals surface area contributed by atoms with E-state index in [0.29, 0.717) is 12.0 Å². The molecule has 0 atom stereocenters. The number of nitrogen functional groups attached to an aromatic ring is 1. The van der Waals surface area contributed by atoms with Crippen LogP contribution in [0.4, 0.5) is 11.4 Å². The zero-order chi connectivity index (χ0) is 11.6. The highest BCUT2D eigenvalue weighted by molar-refractivity contribution is 5.57. The smallest absolute Gasteiger partial charge is 0.0436 e. The van der Waals surface area contributed by atoms with E-state index in [-0.39, 0.29) is 0 Å². The zero-order valence-corrected chi connectivity index (χ0v) is 9.79. The molecule has 1 aliphatic carbocycles. The number of hydrogen-bond acceptors (Lipinski definition) is 3. The van der Waals surface area contributed by atoms with Gasteiger partial charge in [-0.05, 0) is 55.4 Å². The van der Waals surface area contributed by atoms with Crippen LogP contribution in [0.5, 0.6) is 0 Å². The molecule has 0 aromatic heterocycles. The second kappa shape index (κ2) is 4.34. The Morgan fingerprint density at radius 1 is 1.44 bits per heavy atom. The fourth-order valence-electron chi connectivity index (χ4n) is 2.10. The van der Waals surface area contributed by atoms with Gasteiger partial charge in [-0.25, -0.2) is 0 Å². The van der Waals surface area contributed by atoms with Crippen molar-refractivity contribution in [2.24, 2.45) is 5.41 Å². The Kier molecular flexibility index (Phi) is 3.06. The van der Waals surface area contributed by atoms with Crippen LogP contribution >= 0.6 is 0 Å². The average molecular weight is 220 g/mol. The van der Waals surface area contributed by atoms with Gasteiger partial charge in [0.1, 0.15) is 0 Å². The van der Waals surface area contributed by atoms with Crippen LogP contribution in [-0.2, 0) is 0 Å². The first-order chi connectivity index (χ1) is 7.65. The second-order valence-electron chi connectivity index (χ2n) is 4.90. The lowest BCUT2D eigenvalue weighted by Crippen LogP contribution is -2.17. The van der Waals surface area contributed by atoms with Crippen LogP contribution in [0.25, 0.3) is 0 Å². The van der Waals surface area contributed by atoms with Crippen molar-refractivity contribution in [3.63, 3.8) is 0 Å². The maximum atomic E-state index is 8.99. The van der Waals surface area contributed by atoms with Crippen molar-refractivity contribution >= 4 is 11.4 Å². The summed E-state index contributed by atoms with van der Waals surface area (Å²) in [6.45, 7) is 3.31. The average Bonchev–Trinajstić information content (AvgIpc) is 2.98. The molecule has 0 bridgehead atoms. The first kappa shape index (κ1) is 11.3. The molecule has 0 radical (unpaired) electrons. The van der Waals surface area contributed by atoms with Gasteiger partial charge in [0.05, 0.1) is 0 Å². The van der Waals surface area contributed by atoms with Crippen LogP contribution in [0.15, 0.2) is 18.2 Å². The number of nitrogens with one attached hydrogen (secondary N) is 1. The molecule has 1 saturated carbocycles. The zero-order valence-electron chi connectivity index (χ0n) is 9.79. The molecule has 88 valence electrons. The Morgan fingerprint density at radius 3 is 2.75 bits per heavy atom. The highest BCUT2D eigenvalue weighted by Crippen LogP contribution is 2.48. The van der Waals surface area contributed by atoms with Crippen LogP contribution in [0.1, 0.15) is 24.8 Å². The number of hydrogen-bond donors (Lipinski definition) is 3. The SMILES string of the molecule is Cc1cc(N)ccc1NCC1(CCO)CC1. The van der Waals surface area contributed by atoms with Gasteiger partial charge in [-0.1, -0.05) is 0 Å². The van der Waals surface area contributed by atoms with Gasteiger partial charge in [-0.15, -0.1) is 0 Å². The van der Waals surface area contributed by atoms with Gasteiger partial charge in [0.25, 0.3) is 0 Å². The van der Waals surface area contributed by atoms with Crippen LogP contribution in [0, 0.1) is 12.3 Å². The Labute approximate surface area is 96.7 Å². The van der Waals surface area contributed by atoms with Gasteiger partial charge in [-0.3, -0.25) is 0 Å². The van der Waals surface area contributed by atoms with Crippen molar-refractivity contribution in [3.05, 3.63) is 23.8 Å². The molecule has 3 heteroatoms. The summed E-state index contributed by atoms with van der Waals surface area (Å²) < 4.78 is 0. The molecule has 0 unspecified atom stereocenters. The third-order valence-corrected chi connectivity index (χ3v) is 3.50. The molecule has 16 heavy (non-hydrogen) atoms. The highest BCUT2D eigenvalue weighted by Gasteiger charge is 2.41. The normalized spacial score (nSPS) is 17.1. The van der Waals surface area contributed by atoms with Gasteiger partial charge in [0, 0.05) is 24.5 Å². The molecule has 3 nitrogen and oxygen atoms in total. The van der Waals surface area contributed by atoms with Gasteiger partial charge in [0.2, 0.25) is 0 Å². The minimum Gasteiger partial charge on any atom is -0.399 e. The number of anilines is 2. The topological polar surface area (TPSA) is 58.3 Å². The maximum absolute atomic E-state index is 8.99. The second-order valence-corrected chi connectivity index (χ2v) is 4.90. The summed E-state index contributed by atoms with van der Waals surface area (Å²) in [7, 11) is 0. The van der Waals surface area contributed by atoms with E-state index in [9.17, 15) is 0 Å². The first-order valence-electron chi connectivity index (χ1n) is 5.86. The minimum absolute atomic E-state index is 0.294. The maximum Gasteiger partial charge on any atom is 0.0436 e. The molecule has 1 aromatic rings. The summed E-state index contributed by atoms with van der Waals surface area (Å²) >= 11 is 0. The number of aliphatic hydroxyl groups is 1. The number of aryl methyl sites for hydroxylation is 1. The van der Waals surface area contributed by atoms with Crippen molar-refractivity contribution < 1.29 is 5.11 Å². The summed E-state index contributed by atoms with van der Waals surface area (Å²) in [4.78, 5) is 0. The van der Waals surface area contributed by atoms with E-state index < -0.39 is 0 Å². The Bertz CT molecular complexity index is 372. The number of benzene rings is 1. The van der Waals surface area contributed by atoms with Crippen LogP contribution in [0.2, 0.25) is 0 Å². The molecule has 0 spiro atoms. The van der Waals surface area contributed by atoms with E-state index >= 15 is 0 Å². The van der Waals surface area contributed by atoms with Crippen molar-refractivity contribution in [1.29, 1.82) is 0 Å². The van der Waals surface area contributed by atoms with Crippen LogP contribution < -0.4 is 11.1 Å². The molecule has 1 aromatic carbocycles. The van der Waals surface area contributed by atoms with Crippen molar-refractivity contribution in [2.75, 3.05) is 24.2 Å². The van der Waals surface area contributed by atoms with E-state index in [1.807, 2.05) is 18.2 Å². The summed E-state index contributed by atoms with van der Waals surface area (Å²) in [6, 6.07) is 5.93. The standard InChI is InChI=1S/C13H20N2O/c1-10-8-11(14)2-3-12(10)15-9-13(4-5-13)6-7-16/h2-3,8,15-16H,4-7,9,14H2,1H3. The highest BCUT2D eigenvalue weighted by atomic mass is 16.3. The molecule has 0 aliphatic heterocycles. The molecule has 4 N–H and O–H groups in total. The minimum atomic E-state index is 0.294. The molecule has 1 fully saturated rings.